The van der Waals surface area contributed by atoms with Crippen molar-refractivity contribution in [1.29, 1.82) is 0 Å². The fraction of sp³-hybridized carbons (Fsp3) is 0.143. The van der Waals surface area contributed by atoms with Crippen LogP contribution in [0.15, 0.2) is 41.3 Å². The number of nitrogens with one attached hydrogen (secondary N) is 1. The molecule has 20 heavy (non-hydrogen) atoms. The van der Waals surface area contributed by atoms with Crippen molar-refractivity contribution in [3.8, 4) is 0 Å². The van der Waals surface area contributed by atoms with E-state index in [2.05, 4.69) is 4.72 Å². The highest BCUT2D eigenvalue weighted by molar-refractivity contribution is 7.92. The molecule has 0 saturated heterocycles. The summed E-state index contributed by atoms with van der Waals surface area (Å²) in [5.74, 6) is -0.584. The Balaban J connectivity index is 2.37. The van der Waals surface area contributed by atoms with Gasteiger partial charge in [-0.2, -0.15) is 0 Å². The Hall–Kier alpha value is -2.08. The number of nitrogens with two attached hydrogens (primary N) is 1. The van der Waals surface area contributed by atoms with Gasteiger partial charge in [0, 0.05) is 0 Å². The zero-order valence-electron chi connectivity index (χ0n) is 11.1. The minimum Gasteiger partial charge on any atom is -0.396 e. The minimum atomic E-state index is -3.72. The first-order valence-corrected chi connectivity index (χ1v) is 7.42. The summed E-state index contributed by atoms with van der Waals surface area (Å²) in [4.78, 5) is 0.165. The fourth-order valence-corrected chi connectivity index (χ4v) is 3.15. The zero-order chi connectivity index (χ0) is 14.9. The molecule has 0 bridgehead atoms. The van der Waals surface area contributed by atoms with E-state index in [0.29, 0.717) is 0 Å². The van der Waals surface area contributed by atoms with Gasteiger partial charge in [0.2, 0.25) is 0 Å². The quantitative estimate of drug-likeness (QED) is 0.855. The van der Waals surface area contributed by atoms with Gasteiger partial charge in [-0.1, -0.05) is 6.07 Å². The van der Waals surface area contributed by atoms with Crippen LogP contribution in [0.4, 0.5) is 15.8 Å². The summed E-state index contributed by atoms with van der Waals surface area (Å²) in [6.07, 6.45) is 0. The summed E-state index contributed by atoms with van der Waals surface area (Å²) in [5, 5.41) is 0. The average molecular weight is 294 g/mol. The highest BCUT2D eigenvalue weighted by Gasteiger charge is 2.15. The number of benzene rings is 2. The highest BCUT2D eigenvalue weighted by Crippen LogP contribution is 2.21. The zero-order valence-corrected chi connectivity index (χ0v) is 12.0. The molecule has 0 aliphatic rings. The third-order valence-electron chi connectivity index (χ3n) is 2.75. The Morgan fingerprint density at radius 3 is 2.20 bits per heavy atom. The van der Waals surface area contributed by atoms with Gasteiger partial charge in [-0.3, -0.25) is 4.72 Å². The molecule has 0 aliphatic carbocycles. The minimum absolute atomic E-state index is 0.106. The molecule has 0 heterocycles. The molecule has 2 rings (SSSR count). The summed E-state index contributed by atoms with van der Waals surface area (Å²) >= 11 is 0. The van der Waals surface area contributed by atoms with E-state index < -0.39 is 15.8 Å². The van der Waals surface area contributed by atoms with Crippen molar-refractivity contribution in [2.24, 2.45) is 0 Å². The molecule has 0 aliphatic heterocycles. The van der Waals surface area contributed by atoms with Gasteiger partial charge < -0.3 is 5.73 Å². The van der Waals surface area contributed by atoms with Gasteiger partial charge in [0.25, 0.3) is 10.0 Å². The first-order valence-electron chi connectivity index (χ1n) is 5.94. The number of hydrogen-bond donors (Lipinski definition) is 2. The van der Waals surface area contributed by atoms with E-state index in [0.717, 1.165) is 17.2 Å². The molecule has 0 amide bonds. The summed E-state index contributed by atoms with van der Waals surface area (Å²) < 4.78 is 40.0. The normalized spacial score (nSPS) is 11.3. The smallest absolute Gasteiger partial charge is 0.261 e. The van der Waals surface area contributed by atoms with E-state index >= 15 is 0 Å². The number of anilines is 2. The van der Waals surface area contributed by atoms with E-state index in [9.17, 15) is 12.8 Å². The Morgan fingerprint density at radius 1 is 1.05 bits per heavy atom. The van der Waals surface area contributed by atoms with Crippen molar-refractivity contribution in [2.75, 3.05) is 10.5 Å². The lowest BCUT2D eigenvalue weighted by atomic mass is 10.2. The number of rotatable bonds is 3. The van der Waals surface area contributed by atoms with E-state index in [1.54, 1.807) is 12.1 Å². The van der Waals surface area contributed by atoms with Crippen LogP contribution in [0, 0.1) is 19.7 Å². The van der Waals surface area contributed by atoms with Crippen molar-refractivity contribution in [1.82, 2.24) is 0 Å². The summed E-state index contributed by atoms with van der Waals surface area (Å²) in [7, 11) is -3.72. The summed E-state index contributed by atoms with van der Waals surface area (Å²) in [6, 6.07) is 8.72. The van der Waals surface area contributed by atoms with Crippen LogP contribution >= 0.6 is 0 Å². The first kappa shape index (κ1) is 14.3. The van der Waals surface area contributed by atoms with Gasteiger partial charge in [-0.15, -0.1) is 0 Å². The maximum Gasteiger partial charge on any atom is 0.261 e. The molecule has 2 aromatic rings. The lowest BCUT2D eigenvalue weighted by molar-refractivity contribution is 0.601. The van der Waals surface area contributed by atoms with E-state index in [1.165, 1.54) is 12.1 Å². The van der Waals surface area contributed by atoms with Gasteiger partial charge in [0.1, 0.15) is 5.82 Å². The third-order valence-corrected chi connectivity index (χ3v) is 4.11. The first-order chi connectivity index (χ1) is 9.28. The number of halogens is 1. The lowest BCUT2D eigenvalue weighted by Gasteiger charge is -2.10. The van der Waals surface area contributed by atoms with E-state index in [1.807, 2.05) is 19.9 Å². The van der Waals surface area contributed by atoms with Crippen LogP contribution in [0.3, 0.4) is 0 Å². The van der Waals surface area contributed by atoms with Crippen molar-refractivity contribution < 1.29 is 12.8 Å². The summed E-state index contributed by atoms with van der Waals surface area (Å²) in [6.45, 7) is 3.64. The molecular formula is C14H15FN2O2S. The molecule has 0 atom stereocenters. The van der Waals surface area contributed by atoms with Gasteiger partial charge in [-0.25, -0.2) is 12.8 Å². The molecule has 0 aromatic heterocycles. The second-order valence-electron chi connectivity index (χ2n) is 4.67. The van der Waals surface area contributed by atoms with Crippen LogP contribution in [0.1, 0.15) is 11.1 Å². The molecule has 106 valence electrons. The highest BCUT2D eigenvalue weighted by atomic mass is 32.2. The molecule has 0 spiro atoms. The van der Waals surface area contributed by atoms with Crippen LogP contribution in [0.2, 0.25) is 0 Å². The standard InChI is InChI=1S/C14H15FN2O2S/c1-9-5-10(2)7-12(6-9)20(18,19)17-11-3-4-13(15)14(16)8-11/h3-8,17H,16H2,1-2H3. The predicted molar refractivity (Wildman–Crippen MR) is 77.5 cm³/mol. The number of aryl methyl sites for hydroxylation is 2. The molecule has 3 N–H and O–H groups in total. The van der Waals surface area contributed by atoms with Gasteiger partial charge in [-0.05, 0) is 55.3 Å². The molecule has 4 nitrogen and oxygen atoms in total. The van der Waals surface area contributed by atoms with Crippen LogP contribution < -0.4 is 10.5 Å². The van der Waals surface area contributed by atoms with Crippen LogP contribution in [-0.2, 0) is 10.0 Å². The van der Waals surface area contributed by atoms with E-state index in [-0.39, 0.29) is 16.3 Å². The van der Waals surface area contributed by atoms with Crippen molar-refractivity contribution in [2.45, 2.75) is 18.7 Å². The Labute approximate surface area is 117 Å². The molecule has 0 fully saturated rings. The molecule has 0 radical (unpaired) electrons. The SMILES string of the molecule is Cc1cc(C)cc(S(=O)(=O)Nc2ccc(F)c(N)c2)c1. The Kier molecular flexibility index (Phi) is 3.67. The number of nitrogen functional groups attached to an aromatic ring is 1. The largest absolute Gasteiger partial charge is 0.396 e. The second-order valence-corrected chi connectivity index (χ2v) is 6.35. The Bertz CT molecular complexity index is 738. The fourth-order valence-electron chi connectivity index (χ4n) is 1.91. The van der Waals surface area contributed by atoms with Gasteiger partial charge >= 0.3 is 0 Å². The van der Waals surface area contributed by atoms with Gasteiger partial charge in [0.15, 0.2) is 0 Å². The van der Waals surface area contributed by atoms with Gasteiger partial charge in [0.05, 0.1) is 16.3 Å². The Morgan fingerprint density at radius 2 is 1.65 bits per heavy atom. The monoisotopic (exact) mass is 294 g/mol. The van der Waals surface area contributed by atoms with Crippen LogP contribution in [-0.4, -0.2) is 8.42 Å². The summed E-state index contributed by atoms with van der Waals surface area (Å²) in [5.41, 5.74) is 7.24. The van der Waals surface area contributed by atoms with Crippen LogP contribution in [0.25, 0.3) is 0 Å². The molecular weight excluding hydrogens is 279 g/mol. The number of sulfonamides is 1. The molecule has 2 aromatic carbocycles. The number of hydrogen-bond acceptors (Lipinski definition) is 3. The maximum absolute atomic E-state index is 13.1. The lowest BCUT2D eigenvalue weighted by Crippen LogP contribution is -2.13. The predicted octanol–water partition coefficient (Wildman–Crippen LogP) is 2.83. The third kappa shape index (κ3) is 3.08. The van der Waals surface area contributed by atoms with Crippen molar-refractivity contribution in [3.63, 3.8) is 0 Å². The van der Waals surface area contributed by atoms with Crippen LogP contribution in [0.5, 0.6) is 0 Å². The second kappa shape index (κ2) is 5.13. The average Bonchev–Trinajstić information content (AvgIpc) is 2.32. The molecule has 0 unspecified atom stereocenters. The molecule has 0 saturated carbocycles. The van der Waals surface area contributed by atoms with E-state index in [4.69, 9.17) is 5.73 Å². The molecule has 6 heteroatoms. The van der Waals surface area contributed by atoms with Crippen molar-refractivity contribution >= 4 is 21.4 Å². The topological polar surface area (TPSA) is 72.2 Å². The maximum atomic E-state index is 13.1. The van der Waals surface area contributed by atoms with Crippen molar-refractivity contribution in [3.05, 3.63) is 53.3 Å².